The summed E-state index contributed by atoms with van der Waals surface area (Å²) in [6.07, 6.45) is 2.57. The minimum atomic E-state index is 0.269. The topological polar surface area (TPSA) is 9.23 Å². The van der Waals surface area contributed by atoms with E-state index in [0.29, 0.717) is 12.0 Å². The zero-order valence-corrected chi connectivity index (χ0v) is 9.40. The molecule has 2 heteroatoms. The predicted molar refractivity (Wildman–Crippen MR) is 54.8 cm³/mol. The van der Waals surface area contributed by atoms with Gasteiger partial charge in [0, 0.05) is 12.0 Å². The first-order chi connectivity index (χ1) is 5.57. The van der Waals surface area contributed by atoms with Crippen molar-refractivity contribution in [1.29, 1.82) is 0 Å². The van der Waals surface area contributed by atoms with Crippen LogP contribution in [0.1, 0.15) is 40.5 Å². The summed E-state index contributed by atoms with van der Waals surface area (Å²) in [7, 11) is 0. The van der Waals surface area contributed by atoms with Gasteiger partial charge >= 0.3 is 0 Å². The quantitative estimate of drug-likeness (QED) is 0.586. The molecule has 2 atom stereocenters. The van der Waals surface area contributed by atoms with E-state index in [4.69, 9.17) is 16.3 Å². The van der Waals surface area contributed by atoms with E-state index in [1.165, 1.54) is 0 Å². The Bertz CT molecular complexity index is 102. The van der Waals surface area contributed by atoms with Crippen LogP contribution in [0.4, 0.5) is 0 Å². The van der Waals surface area contributed by atoms with Crippen molar-refractivity contribution in [2.45, 2.75) is 52.0 Å². The van der Waals surface area contributed by atoms with Crippen LogP contribution < -0.4 is 0 Å². The van der Waals surface area contributed by atoms with Crippen LogP contribution in [0.3, 0.4) is 0 Å². The zero-order valence-electron chi connectivity index (χ0n) is 8.64. The van der Waals surface area contributed by atoms with Crippen molar-refractivity contribution >= 4 is 11.6 Å². The maximum Gasteiger partial charge on any atom is 0.0518 e. The summed E-state index contributed by atoms with van der Waals surface area (Å²) in [4.78, 5) is 0. The fourth-order valence-electron chi connectivity index (χ4n) is 1.21. The van der Waals surface area contributed by atoms with Crippen molar-refractivity contribution in [2.24, 2.45) is 5.92 Å². The average molecular weight is 193 g/mol. The van der Waals surface area contributed by atoms with Crippen molar-refractivity contribution in [1.82, 2.24) is 0 Å². The first-order valence-electron chi connectivity index (χ1n) is 4.83. The standard InChI is InChI=1S/C10H21ClO/c1-5-10(9(4)11)6-7-12-8(2)3/h8-10H,5-7H2,1-4H3. The molecular formula is C10H21ClO. The average Bonchev–Trinajstić information content (AvgIpc) is 1.96. The summed E-state index contributed by atoms with van der Waals surface area (Å²) in [6, 6.07) is 0. The Balaban J connectivity index is 3.45. The van der Waals surface area contributed by atoms with Gasteiger partial charge in [-0.1, -0.05) is 13.3 Å². The molecule has 2 unspecified atom stereocenters. The Kier molecular flexibility index (Phi) is 6.87. The lowest BCUT2D eigenvalue weighted by atomic mass is 10.00. The fourth-order valence-corrected chi connectivity index (χ4v) is 1.52. The van der Waals surface area contributed by atoms with Crippen LogP contribution in [0.15, 0.2) is 0 Å². The molecule has 74 valence electrons. The Hall–Kier alpha value is 0.250. The molecule has 0 bridgehead atoms. The molecule has 0 spiro atoms. The normalized spacial score (nSPS) is 16.5. The van der Waals surface area contributed by atoms with Gasteiger partial charge in [-0.05, 0) is 33.1 Å². The smallest absolute Gasteiger partial charge is 0.0518 e. The molecule has 0 radical (unpaired) electrons. The molecule has 0 aromatic rings. The molecule has 0 saturated carbocycles. The minimum Gasteiger partial charge on any atom is -0.379 e. The lowest BCUT2D eigenvalue weighted by Gasteiger charge is -2.17. The molecule has 0 aromatic carbocycles. The monoisotopic (exact) mass is 192 g/mol. The van der Waals surface area contributed by atoms with Crippen molar-refractivity contribution in [3.05, 3.63) is 0 Å². The summed E-state index contributed by atoms with van der Waals surface area (Å²) in [5, 5.41) is 0.269. The highest BCUT2D eigenvalue weighted by atomic mass is 35.5. The van der Waals surface area contributed by atoms with Crippen molar-refractivity contribution in [2.75, 3.05) is 6.61 Å². The minimum absolute atomic E-state index is 0.269. The van der Waals surface area contributed by atoms with Crippen molar-refractivity contribution in [3.8, 4) is 0 Å². The molecule has 12 heavy (non-hydrogen) atoms. The summed E-state index contributed by atoms with van der Waals surface area (Å²) < 4.78 is 5.47. The fraction of sp³-hybridized carbons (Fsp3) is 1.00. The second-order valence-corrected chi connectivity index (χ2v) is 4.24. The van der Waals surface area contributed by atoms with E-state index in [-0.39, 0.29) is 5.38 Å². The number of hydrogen-bond acceptors (Lipinski definition) is 1. The molecule has 0 heterocycles. The van der Waals surface area contributed by atoms with Crippen LogP contribution in [0, 0.1) is 5.92 Å². The first-order valence-corrected chi connectivity index (χ1v) is 5.27. The molecule has 1 nitrogen and oxygen atoms in total. The Morgan fingerprint density at radius 2 is 1.83 bits per heavy atom. The molecule has 0 aliphatic carbocycles. The summed E-state index contributed by atoms with van der Waals surface area (Å²) >= 11 is 6.00. The van der Waals surface area contributed by atoms with Crippen LogP contribution in [0.2, 0.25) is 0 Å². The third kappa shape index (κ3) is 5.84. The van der Waals surface area contributed by atoms with E-state index in [9.17, 15) is 0 Å². The van der Waals surface area contributed by atoms with Gasteiger partial charge in [0.1, 0.15) is 0 Å². The molecule has 0 aliphatic heterocycles. The lowest BCUT2D eigenvalue weighted by molar-refractivity contribution is 0.0679. The lowest BCUT2D eigenvalue weighted by Crippen LogP contribution is -2.15. The Morgan fingerprint density at radius 3 is 2.17 bits per heavy atom. The zero-order chi connectivity index (χ0) is 9.56. The van der Waals surface area contributed by atoms with Gasteiger partial charge in [0.15, 0.2) is 0 Å². The molecule has 0 amide bonds. The highest BCUT2D eigenvalue weighted by Crippen LogP contribution is 2.18. The Labute approximate surface area is 81.4 Å². The van der Waals surface area contributed by atoms with E-state index >= 15 is 0 Å². The molecule has 0 aliphatic rings. The third-order valence-electron chi connectivity index (χ3n) is 2.11. The highest BCUT2D eigenvalue weighted by Gasteiger charge is 2.12. The summed E-state index contributed by atoms with van der Waals surface area (Å²) in [5.74, 6) is 0.602. The number of ether oxygens (including phenoxy) is 1. The second-order valence-electron chi connectivity index (χ2n) is 3.55. The van der Waals surface area contributed by atoms with E-state index in [1.807, 2.05) is 0 Å². The molecule has 0 N–H and O–H groups in total. The maximum atomic E-state index is 6.00. The molecule has 0 fully saturated rings. The van der Waals surface area contributed by atoms with Gasteiger partial charge in [0.25, 0.3) is 0 Å². The molecule has 0 saturated heterocycles. The van der Waals surface area contributed by atoms with Crippen LogP contribution in [-0.4, -0.2) is 18.1 Å². The van der Waals surface area contributed by atoms with E-state index in [2.05, 4.69) is 27.7 Å². The Morgan fingerprint density at radius 1 is 1.25 bits per heavy atom. The van der Waals surface area contributed by atoms with Gasteiger partial charge in [-0.3, -0.25) is 0 Å². The van der Waals surface area contributed by atoms with Crippen LogP contribution in [-0.2, 0) is 4.74 Å². The molecule has 0 rings (SSSR count). The van der Waals surface area contributed by atoms with Gasteiger partial charge in [-0.25, -0.2) is 0 Å². The van der Waals surface area contributed by atoms with E-state index < -0.39 is 0 Å². The SMILES string of the molecule is CCC(CCOC(C)C)C(C)Cl. The molecule has 0 aromatic heterocycles. The van der Waals surface area contributed by atoms with Gasteiger partial charge in [-0.2, -0.15) is 0 Å². The largest absolute Gasteiger partial charge is 0.379 e. The van der Waals surface area contributed by atoms with Crippen LogP contribution >= 0.6 is 11.6 Å². The number of hydrogen-bond donors (Lipinski definition) is 0. The van der Waals surface area contributed by atoms with Crippen LogP contribution in [0.25, 0.3) is 0 Å². The van der Waals surface area contributed by atoms with Crippen molar-refractivity contribution < 1.29 is 4.74 Å². The van der Waals surface area contributed by atoms with Crippen molar-refractivity contribution in [3.63, 3.8) is 0 Å². The molecular weight excluding hydrogens is 172 g/mol. The number of rotatable bonds is 6. The van der Waals surface area contributed by atoms with Gasteiger partial charge in [-0.15, -0.1) is 11.6 Å². The maximum absolute atomic E-state index is 6.00. The third-order valence-corrected chi connectivity index (χ3v) is 2.47. The number of halogens is 1. The van der Waals surface area contributed by atoms with E-state index in [1.54, 1.807) is 0 Å². The van der Waals surface area contributed by atoms with Gasteiger partial charge < -0.3 is 4.74 Å². The van der Waals surface area contributed by atoms with Gasteiger partial charge in [0.2, 0.25) is 0 Å². The second kappa shape index (κ2) is 6.73. The first kappa shape index (κ1) is 12.2. The van der Waals surface area contributed by atoms with Gasteiger partial charge in [0.05, 0.1) is 6.10 Å². The predicted octanol–water partition coefficient (Wildman–Crippen LogP) is 3.46. The van der Waals surface area contributed by atoms with Crippen LogP contribution in [0.5, 0.6) is 0 Å². The summed E-state index contributed by atoms with van der Waals surface area (Å²) in [5.41, 5.74) is 0. The summed E-state index contributed by atoms with van der Waals surface area (Å²) in [6.45, 7) is 9.20. The van der Waals surface area contributed by atoms with E-state index in [0.717, 1.165) is 19.4 Å². The highest BCUT2D eigenvalue weighted by molar-refractivity contribution is 6.20. The number of alkyl halides is 1.